The first-order valence-corrected chi connectivity index (χ1v) is 7.52. The van der Waals surface area contributed by atoms with Crippen molar-refractivity contribution in [3.8, 4) is 5.75 Å². The topological polar surface area (TPSA) is 61.5 Å². The molecular weight excluding hydrogens is 290 g/mol. The third-order valence-corrected chi connectivity index (χ3v) is 4.14. The Morgan fingerprint density at radius 3 is 2.52 bits per heavy atom. The summed E-state index contributed by atoms with van der Waals surface area (Å²) in [6, 6.07) is 13.6. The lowest BCUT2D eigenvalue weighted by Crippen LogP contribution is -2.41. The van der Waals surface area contributed by atoms with Crippen LogP contribution < -0.4 is 10.5 Å². The second-order valence-electron chi connectivity index (χ2n) is 5.82. The van der Waals surface area contributed by atoms with E-state index in [4.69, 9.17) is 15.2 Å². The second kappa shape index (κ2) is 6.84. The maximum atomic E-state index is 11.8. The summed E-state index contributed by atoms with van der Waals surface area (Å²) in [5.41, 5.74) is 8.15. The third kappa shape index (κ3) is 3.54. The number of carbonyl (C=O) groups excluding carboxylic acids is 1. The van der Waals surface area contributed by atoms with Gasteiger partial charge in [-0.05, 0) is 49.1 Å². The molecule has 0 fully saturated rings. The lowest BCUT2D eigenvalue weighted by Gasteiger charge is -2.27. The average molecular weight is 313 g/mol. The zero-order valence-electron chi connectivity index (χ0n) is 14.1. The minimum Gasteiger partial charge on any atom is -0.489 e. The fourth-order valence-corrected chi connectivity index (χ4v) is 2.47. The molecule has 1 unspecified atom stereocenters. The summed E-state index contributed by atoms with van der Waals surface area (Å²) >= 11 is 0. The summed E-state index contributed by atoms with van der Waals surface area (Å²) in [4.78, 5) is 11.8. The van der Waals surface area contributed by atoms with Crippen LogP contribution in [-0.4, -0.2) is 13.0 Å². The maximum absolute atomic E-state index is 11.8. The first-order valence-electron chi connectivity index (χ1n) is 7.52. The summed E-state index contributed by atoms with van der Waals surface area (Å²) in [5.74, 6) is 0.303. The zero-order valence-corrected chi connectivity index (χ0v) is 14.1. The Bertz CT molecular complexity index is 712. The fourth-order valence-electron chi connectivity index (χ4n) is 2.47. The van der Waals surface area contributed by atoms with Crippen LogP contribution in [0, 0.1) is 13.8 Å². The number of aryl methyl sites for hydroxylation is 2. The summed E-state index contributed by atoms with van der Waals surface area (Å²) in [6.07, 6.45) is 0. The predicted octanol–water partition coefficient (Wildman–Crippen LogP) is 3.23. The van der Waals surface area contributed by atoms with Gasteiger partial charge in [0.05, 0.1) is 0 Å². The maximum Gasteiger partial charge on any atom is 0.254 e. The Morgan fingerprint density at radius 2 is 1.87 bits per heavy atom. The van der Waals surface area contributed by atoms with Gasteiger partial charge in [-0.25, -0.2) is 0 Å². The first kappa shape index (κ1) is 17.0. The van der Waals surface area contributed by atoms with Gasteiger partial charge in [0.2, 0.25) is 0 Å². The highest BCUT2D eigenvalue weighted by atomic mass is 16.5. The van der Waals surface area contributed by atoms with E-state index in [1.54, 1.807) is 6.92 Å². The highest BCUT2D eigenvalue weighted by molar-refractivity contribution is 5.85. The van der Waals surface area contributed by atoms with E-state index in [-0.39, 0.29) is 0 Å². The molecule has 2 aromatic carbocycles. The van der Waals surface area contributed by atoms with Gasteiger partial charge < -0.3 is 15.2 Å². The molecule has 0 aliphatic heterocycles. The van der Waals surface area contributed by atoms with E-state index in [9.17, 15) is 4.79 Å². The molecular formula is C19H23NO3. The number of benzene rings is 2. The molecule has 0 aliphatic carbocycles. The van der Waals surface area contributed by atoms with Gasteiger partial charge in [-0.3, -0.25) is 4.79 Å². The lowest BCUT2D eigenvalue weighted by atomic mass is 9.91. The number of carbonyl (C=O) groups is 1. The highest BCUT2D eigenvalue weighted by Crippen LogP contribution is 2.29. The van der Waals surface area contributed by atoms with Crippen LogP contribution in [0.1, 0.15) is 29.2 Å². The lowest BCUT2D eigenvalue weighted by molar-refractivity contribution is -0.139. The number of amides is 1. The zero-order chi connectivity index (χ0) is 17.0. The smallest absolute Gasteiger partial charge is 0.254 e. The van der Waals surface area contributed by atoms with Crippen LogP contribution in [0.4, 0.5) is 0 Å². The monoisotopic (exact) mass is 313 g/mol. The molecule has 2 N–H and O–H groups in total. The van der Waals surface area contributed by atoms with E-state index in [2.05, 4.69) is 0 Å². The van der Waals surface area contributed by atoms with Gasteiger partial charge in [0.15, 0.2) is 5.60 Å². The molecule has 0 saturated heterocycles. The van der Waals surface area contributed by atoms with E-state index in [0.717, 1.165) is 28.0 Å². The Labute approximate surface area is 137 Å². The molecule has 1 amide bonds. The summed E-state index contributed by atoms with van der Waals surface area (Å²) in [7, 11) is 1.48. The van der Waals surface area contributed by atoms with Crippen molar-refractivity contribution in [1.29, 1.82) is 0 Å². The molecule has 4 heteroatoms. The molecule has 2 rings (SSSR count). The average Bonchev–Trinajstić information content (AvgIpc) is 2.55. The molecule has 1 atom stereocenters. The molecule has 0 aliphatic rings. The molecule has 0 heterocycles. The van der Waals surface area contributed by atoms with Gasteiger partial charge in [0.25, 0.3) is 5.91 Å². The predicted molar refractivity (Wildman–Crippen MR) is 90.2 cm³/mol. The molecule has 23 heavy (non-hydrogen) atoms. The minimum atomic E-state index is -1.18. The number of nitrogens with two attached hydrogens (primary N) is 1. The number of hydrogen-bond acceptors (Lipinski definition) is 3. The molecule has 0 bridgehead atoms. The second-order valence-corrected chi connectivity index (χ2v) is 5.82. The Morgan fingerprint density at radius 1 is 1.17 bits per heavy atom. The van der Waals surface area contributed by atoms with Gasteiger partial charge in [0, 0.05) is 7.11 Å². The van der Waals surface area contributed by atoms with Crippen molar-refractivity contribution in [2.45, 2.75) is 33.0 Å². The summed E-state index contributed by atoms with van der Waals surface area (Å²) in [6.45, 7) is 6.04. The molecule has 0 spiro atoms. The Kier molecular flexibility index (Phi) is 5.06. The molecule has 2 aromatic rings. The van der Waals surface area contributed by atoms with E-state index < -0.39 is 11.5 Å². The number of hydrogen-bond donors (Lipinski definition) is 1. The van der Waals surface area contributed by atoms with E-state index in [1.165, 1.54) is 7.11 Å². The largest absolute Gasteiger partial charge is 0.489 e. The quantitative estimate of drug-likeness (QED) is 0.890. The van der Waals surface area contributed by atoms with E-state index in [0.29, 0.717) is 6.61 Å². The van der Waals surface area contributed by atoms with Crippen molar-refractivity contribution in [3.63, 3.8) is 0 Å². The SMILES string of the molecule is COC(C)(C(N)=O)c1ccccc1COc1cc(C)ccc1C. The van der Waals surface area contributed by atoms with Crippen LogP contribution in [0.25, 0.3) is 0 Å². The van der Waals surface area contributed by atoms with E-state index in [1.807, 2.05) is 56.3 Å². The van der Waals surface area contributed by atoms with Gasteiger partial charge >= 0.3 is 0 Å². The standard InChI is InChI=1S/C19H23NO3/c1-13-9-10-14(2)17(11-13)23-12-15-7-5-6-8-16(15)19(3,22-4)18(20)21/h5-11H,12H2,1-4H3,(H2,20,21). The van der Waals surface area contributed by atoms with Crippen molar-refractivity contribution in [1.82, 2.24) is 0 Å². The van der Waals surface area contributed by atoms with Crippen LogP contribution in [0.2, 0.25) is 0 Å². The van der Waals surface area contributed by atoms with Crippen molar-refractivity contribution >= 4 is 5.91 Å². The number of rotatable bonds is 6. The molecule has 0 aromatic heterocycles. The van der Waals surface area contributed by atoms with Crippen LogP contribution in [0.3, 0.4) is 0 Å². The molecule has 122 valence electrons. The van der Waals surface area contributed by atoms with Crippen molar-refractivity contribution in [2.24, 2.45) is 5.73 Å². The molecule has 0 saturated carbocycles. The summed E-state index contributed by atoms with van der Waals surface area (Å²) < 4.78 is 11.3. The molecule has 4 nitrogen and oxygen atoms in total. The van der Waals surface area contributed by atoms with Gasteiger partial charge in [-0.1, -0.05) is 36.4 Å². The first-order chi connectivity index (χ1) is 10.9. The highest BCUT2D eigenvalue weighted by Gasteiger charge is 2.35. The van der Waals surface area contributed by atoms with Crippen LogP contribution in [-0.2, 0) is 21.7 Å². The summed E-state index contributed by atoms with van der Waals surface area (Å²) in [5, 5.41) is 0. The van der Waals surface area contributed by atoms with Crippen LogP contribution in [0.15, 0.2) is 42.5 Å². The van der Waals surface area contributed by atoms with Crippen molar-refractivity contribution in [3.05, 3.63) is 64.7 Å². The van der Waals surface area contributed by atoms with Crippen molar-refractivity contribution < 1.29 is 14.3 Å². The van der Waals surface area contributed by atoms with Gasteiger partial charge in [0.1, 0.15) is 12.4 Å². The van der Waals surface area contributed by atoms with Crippen molar-refractivity contribution in [2.75, 3.05) is 7.11 Å². The van der Waals surface area contributed by atoms with Gasteiger partial charge in [-0.15, -0.1) is 0 Å². The number of primary amides is 1. The van der Waals surface area contributed by atoms with Crippen LogP contribution in [0.5, 0.6) is 5.75 Å². The Hall–Kier alpha value is -2.33. The van der Waals surface area contributed by atoms with Gasteiger partial charge in [-0.2, -0.15) is 0 Å². The van der Waals surface area contributed by atoms with Crippen LogP contribution >= 0.6 is 0 Å². The third-order valence-electron chi connectivity index (χ3n) is 4.14. The molecule has 0 radical (unpaired) electrons. The number of ether oxygens (including phenoxy) is 2. The number of methoxy groups -OCH3 is 1. The normalized spacial score (nSPS) is 13.4. The minimum absolute atomic E-state index is 0.340. The fraction of sp³-hybridized carbons (Fsp3) is 0.316. The van der Waals surface area contributed by atoms with E-state index >= 15 is 0 Å². The Balaban J connectivity index is 2.31.